The first-order valence-corrected chi connectivity index (χ1v) is 6.52. The maximum absolute atomic E-state index is 13.1. The maximum Gasteiger partial charge on any atom is 0.123 e. The van der Waals surface area contributed by atoms with E-state index in [1.165, 1.54) is 17.2 Å². The van der Waals surface area contributed by atoms with E-state index in [4.69, 9.17) is 5.73 Å². The van der Waals surface area contributed by atoms with E-state index < -0.39 is 0 Å². The van der Waals surface area contributed by atoms with E-state index in [-0.39, 0.29) is 17.9 Å². The van der Waals surface area contributed by atoms with E-state index in [1.54, 1.807) is 12.1 Å². The highest BCUT2D eigenvalue weighted by Gasteiger charge is 2.28. The number of halogens is 1. The van der Waals surface area contributed by atoms with E-state index in [1.807, 2.05) is 19.1 Å². The van der Waals surface area contributed by atoms with Gasteiger partial charge in [-0.3, -0.25) is 0 Å². The zero-order chi connectivity index (χ0) is 13.4. The Morgan fingerprint density at radius 2 is 1.89 bits per heavy atom. The fraction of sp³-hybridized carbons (Fsp3) is 0.250. The van der Waals surface area contributed by atoms with Gasteiger partial charge in [-0.1, -0.05) is 24.3 Å². The molecule has 0 aliphatic heterocycles. The summed E-state index contributed by atoms with van der Waals surface area (Å²) < 4.78 is 13.1. The monoisotopic (exact) mass is 256 g/mol. The van der Waals surface area contributed by atoms with Crippen molar-refractivity contribution in [2.45, 2.75) is 25.4 Å². The molecule has 0 radical (unpaired) electrons. The number of hydrogen-bond acceptors (Lipinski definition) is 2. The Labute approximate surface area is 112 Å². The smallest absolute Gasteiger partial charge is 0.123 e. The van der Waals surface area contributed by atoms with Crippen molar-refractivity contribution in [3.05, 3.63) is 65.0 Å². The van der Waals surface area contributed by atoms with E-state index in [2.05, 4.69) is 17.4 Å². The van der Waals surface area contributed by atoms with Gasteiger partial charge in [-0.25, -0.2) is 4.39 Å². The molecule has 1 aliphatic rings. The zero-order valence-corrected chi connectivity index (χ0v) is 10.9. The van der Waals surface area contributed by atoms with E-state index in [0.29, 0.717) is 0 Å². The lowest BCUT2D eigenvalue weighted by molar-refractivity contribution is 0.625. The molecule has 3 rings (SSSR count). The number of anilines is 1. The van der Waals surface area contributed by atoms with Crippen LogP contribution in [0, 0.1) is 12.7 Å². The second kappa shape index (κ2) is 4.67. The van der Waals surface area contributed by atoms with Gasteiger partial charge in [-0.05, 0) is 48.2 Å². The van der Waals surface area contributed by atoms with Gasteiger partial charge in [-0.15, -0.1) is 0 Å². The van der Waals surface area contributed by atoms with Gasteiger partial charge < -0.3 is 11.1 Å². The van der Waals surface area contributed by atoms with Gasteiger partial charge in [0.1, 0.15) is 5.82 Å². The summed E-state index contributed by atoms with van der Waals surface area (Å²) in [5, 5.41) is 3.48. The van der Waals surface area contributed by atoms with Gasteiger partial charge in [0.15, 0.2) is 0 Å². The lowest BCUT2D eigenvalue weighted by Crippen LogP contribution is -2.10. The normalized spacial score (nSPS) is 21.2. The number of nitrogens with two attached hydrogens (primary N) is 1. The zero-order valence-electron chi connectivity index (χ0n) is 10.9. The molecule has 0 fully saturated rings. The van der Waals surface area contributed by atoms with E-state index >= 15 is 0 Å². The molecule has 0 saturated heterocycles. The van der Waals surface area contributed by atoms with Crippen molar-refractivity contribution in [1.29, 1.82) is 0 Å². The average Bonchev–Trinajstić information content (AvgIpc) is 2.71. The van der Waals surface area contributed by atoms with Crippen LogP contribution < -0.4 is 11.1 Å². The van der Waals surface area contributed by atoms with E-state index in [9.17, 15) is 4.39 Å². The number of hydrogen-bond donors (Lipinski definition) is 2. The molecule has 2 atom stereocenters. The first-order chi connectivity index (χ1) is 9.15. The summed E-state index contributed by atoms with van der Waals surface area (Å²) in [7, 11) is 0. The van der Waals surface area contributed by atoms with Crippen LogP contribution in [0.4, 0.5) is 10.1 Å². The summed E-state index contributed by atoms with van der Waals surface area (Å²) in [6.45, 7) is 1.91. The van der Waals surface area contributed by atoms with Gasteiger partial charge in [0, 0.05) is 11.7 Å². The molecule has 0 bridgehead atoms. The molecule has 2 aromatic carbocycles. The average molecular weight is 256 g/mol. The van der Waals surface area contributed by atoms with Crippen molar-refractivity contribution >= 4 is 5.69 Å². The number of nitrogens with one attached hydrogen (secondary N) is 1. The third-order valence-corrected chi connectivity index (χ3v) is 3.78. The first kappa shape index (κ1) is 12.2. The third kappa shape index (κ3) is 2.22. The second-order valence-corrected chi connectivity index (χ2v) is 5.13. The van der Waals surface area contributed by atoms with Crippen LogP contribution in [-0.2, 0) is 0 Å². The summed E-state index contributed by atoms with van der Waals surface area (Å²) in [4.78, 5) is 0. The van der Waals surface area contributed by atoms with Crippen LogP contribution in [0.2, 0.25) is 0 Å². The highest BCUT2D eigenvalue weighted by atomic mass is 19.1. The molecule has 0 amide bonds. The second-order valence-electron chi connectivity index (χ2n) is 5.13. The molecule has 98 valence electrons. The summed E-state index contributed by atoms with van der Waals surface area (Å²) in [6.07, 6.45) is 0.871. The van der Waals surface area contributed by atoms with Crippen molar-refractivity contribution in [1.82, 2.24) is 0 Å². The highest BCUT2D eigenvalue weighted by molar-refractivity contribution is 5.54. The molecule has 0 saturated carbocycles. The Bertz CT molecular complexity index is 609. The Hall–Kier alpha value is -1.87. The summed E-state index contributed by atoms with van der Waals surface area (Å²) >= 11 is 0. The van der Waals surface area contributed by atoms with Crippen molar-refractivity contribution in [3.8, 4) is 0 Å². The Morgan fingerprint density at radius 1 is 1.16 bits per heavy atom. The minimum Gasteiger partial charge on any atom is -0.378 e. The molecular formula is C16H17FN2. The Morgan fingerprint density at radius 3 is 2.63 bits per heavy atom. The van der Waals surface area contributed by atoms with Gasteiger partial charge in [0.2, 0.25) is 0 Å². The van der Waals surface area contributed by atoms with Gasteiger partial charge in [0.05, 0.1) is 6.04 Å². The van der Waals surface area contributed by atoms with Crippen LogP contribution in [-0.4, -0.2) is 0 Å². The standard InChI is InChI=1S/C16H17FN2/c1-10-8-11(17)6-7-15(10)19-16-9-14(18)12-4-2-3-5-13(12)16/h2-8,14,16,19H,9,18H2,1H3. The molecule has 2 nitrogen and oxygen atoms in total. The molecule has 2 aromatic rings. The van der Waals surface area contributed by atoms with Crippen molar-refractivity contribution < 1.29 is 4.39 Å². The van der Waals surface area contributed by atoms with Gasteiger partial charge in [-0.2, -0.15) is 0 Å². The predicted molar refractivity (Wildman–Crippen MR) is 75.5 cm³/mol. The van der Waals surface area contributed by atoms with Crippen molar-refractivity contribution in [2.24, 2.45) is 5.73 Å². The van der Waals surface area contributed by atoms with Crippen LogP contribution >= 0.6 is 0 Å². The van der Waals surface area contributed by atoms with E-state index in [0.717, 1.165) is 17.7 Å². The fourth-order valence-electron chi connectivity index (χ4n) is 2.79. The highest BCUT2D eigenvalue weighted by Crippen LogP contribution is 2.39. The molecule has 3 N–H and O–H groups in total. The molecule has 0 spiro atoms. The topological polar surface area (TPSA) is 38.0 Å². The first-order valence-electron chi connectivity index (χ1n) is 6.52. The van der Waals surface area contributed by atoms with Crippen LogP contribution in [0.15, 0.2) is 42.5 Å². The third-order valence-electron chi connectivity index (χ3n) is 3.78. The quantitative estimate of drug-likeness (QED) is 0.860. The molecule has 2 unspecified atom stereocenters. The van der Waals surface area contributed by atoms with Crippen molar-refractivity contribution in [3.63, 3.8) is 0 Å². The van der Waals surface area contributed by atoms with Crippen molar-refractivity contribution in [2.75, 3.05) is 5.32 Å². The maximum atomic E-state index is 13.1. The van der Waals surface area contributed by atoms with Crippen LogP contribution in [0.3, 0.4) is 0 Å². The number of fused-ring (bicyclic) bond motifs is 1. The minimum absolute atomic E-state index is 0.0782. The van der Waals surface area contributed by atoms with Crippen LogP contribution in [0.25, 0.3) is 0 Å². The largest absolute Gasteiger partial charge is 0.378 e. The number of benzene rings is 2. The summed E-state index contributed by atoms with van der Waals surface area (Å²) in [5.41, 5.74) is 10.5. The Balaban J connectivity index is 1.89. The molecule has 0 aromatic heterocycles. The molecule has 1 aliphatic carbocycles. The predicted octanol–water partition coefficient (Wildman–Crippen LogP) is 3.69. The number of rotatable bonds is 2. The Kier molecular flexibility index (Phi) is 2.99. The van der Waals surface area contributed by atoms with Crippen LogP contribution in [0.1, 0.15) is 35.2 Å². The summed E-state index contributed by atoms with van der Waals surface area (Å²) in [6, 6.07) is 13.3. The lowest BCUT2D eigenvalue weighted by atomic mass is 10.1. The molecular weight excluding hydrogens is 239 g/mol. The lowest BCUT2D eigenvalue weighted by Gasteiger charge is -2.17. The van der Waals surface area contributed by atoms with Crippen LogP contribution in [0.5, 0.6) is 0 Å². The number of aryl methyl sites for hydroxylation is 1. The fourth-order valence-corrected chi connectivity index (χ4v) is 2.79. The SMILES string of the molecule is Cc1cc(F)ccc1NC1CC(N)c2ccccc21. The molecule has 0 heterocycles. The van der Waals surface area contributed by atoms with Gasteiger partial charge in [0.25, 0.3) is 0 Å². The minimum atomic E-state index is -0.202. The molecule has 3 heteroatoms. The summed E-state index contributed by atoms with van der Waals surface area (Å²) in [5.74, 6) is -0.202. The molecule has 19 heavy (non-hydrogen) atoms. The van der Waals surface area contributed by atoms with Gasteiger partial charge >= 0.3 is 0 Å².